The van der Waals surface area contributed by atoms with Gasteiger partial charge in [-0.3, -0.25) is 10.1 Å². The number of methoxy groups -OCH3 is 1. The molecule has 0 aliphatic rings. The third-order valence-electron chi connectivity index (χ3n) is 4.20. The molecule has 3 rings (SSSR count). The maximum absolute atomic E-state index is 12.5. The van der Waals surface area contributed by atoms with Crippen LogP contribution in [0.4, 0.5) is 5.13 Å². The Bertz CT molecular complexity index is 1210. The van der Waals surface area contributed by atoms with Crippen LogP contribution in [0.2, 0.25) is 5.02 Å². The number of thioether (sulfide) groups is 1. The molecule has 1 N–H and O–H groups in total. The molecule has 2 aromatic carbocycles. The minimum Gasteiger partial charge on any atom is -0.493 e. The number of rotatable bonds is 11. The summed E-state index contributed by atoms with van der Waals surface area (Å²) >= 11 is 8.85. The first-order valence-corrected chi connectivity index (χ1v) is 12.3. The molecular weight excluding hydrogens is 496 g/mol. The number of carbonyl (C=O) groups is 1. The lowest BCUT2D eigenvalue weighted by Gasteiger charge is -2.12. The van der Waals surface area contributed by atoms with Gasteiger partial charge in [0.25, 0.3) is 5.91 Å². The van der Waals surface area contributed by atoms with Gasteiger partial charge in [-0.1, -0.05) is 48.5 Å². The molecule has 0 bridgehead atoms. The largest absolute Gasteiger partial charge is 0.493 e. The Kier molecular flexibility index (Phi) is 9.58. The van der Waals surface area contributed by atoms with E-state index in [1.165, 1.54) is 17.8 Å². The van der Waals surface area contributed by atoms with Crippen molar-refractivity contribution in [3.8, 4) is 23.3 Å². The van der Waals surface area contributed by atoms with Gasteiger partial charge in [0.15, 0.2) is 11.5 Å². The van der Waals surface area contributed by atoms with Gasteiger partial charge in [0.05, 0.1) is 12.1 Å². The molecule has 1 heterocycles. The Morgan fingerprint density at radius 2 is 1.94 bits per heavy atom. The van der Waals surface area contributed by atoms with E-state index < -0.39 is 5.91 Å². The van der Waals surface area contributed by atoms with Crippen molar-refractivity contribution in [2.75, 3.05) is 31.4 Å². The third-order valence-corrected chi connectivity index (χ3v) is 5.97. The summed E-state index contributed by atoms with van der Waals surface area (Å²) in [6, 6.07) is 14.2. The van der Waals surface area contributed by atoms with Gasteiger partial charge in [-0.05, 0) is 41.7 Å². The highest BCUT2D eigenvalue weighted by atomic mass is 35.5. The van der Waals surface area contributed by atoms with Crippen LogP contribution in [-0.4, -0.2) is 41.3 Å². The van der Waals surface area contributed by atoms with E-state index in [4.69, 9.17) is 25.8 Å². The summed E-state index contributed by atoms with van der Waals surface area (Å²) in [5, 5.41) is 13.3. The molecule has 0 aliphatic heterocycles. The van der Waals surface area contributed by atoms with Crippen LogP contribution in [0.1, 0.15) is 12.5 Å². The summed E-state index contributed by atoms with van der Waals surface area (Å²) in [5.41, 5.74) is 0.489. The van der Waals surface area contributed by atoms with Gasteiger partial charge in [-0.15, -0.1) is 0 Å². The summed E-state index contributed by atoms with van der Waals surface area (Å²) in [5.74, 6) is 1.97. The second-order valence-electron chi connectivity index (χ2n) is 6.48. The SMILES string of the molecule is CCSc1nsc(NC(=O)/C(C#N)=C\c2ccc(OCCOc3ccccc3OC)c(Cl)c2)n1. The molecule has 3 aromatic rings. The number of carbonyl (C=O) groups excluding carboxylic acids is 1. The standard InChI is InChI=1S/C23H21ClN4O4S2/c1-3-33-23-27-22(34-28-23)26-21(29)16(14-25)12-15-8-9-18(17(24)13-15)31-10-11-32-20-7-5-4-6-19(20)30-2/h4-9,12-13H,3,10-11H2,1-2H3,(H,26,27,28,29)/b16-12-. The van der Waals surface area contributed by atoms with Crippen LogP contribution in [0.25, 0.3) is 6.08 Å². The van der Waals surface area contributed by atoms with Crippen LogP contribution in [0.5, 0.6) is 17.2 Å². The van der Waals surface area contributed by atoms with Crippen molar-refractivity contribution < 1.29 is 19.0 Å². The quantitative estimate of drug-likeness (QED) is 0.158. The number of amides is 1. The van der Waals surface area contributed by atoms with E-state index in [1.54, 1.807) is 25.3 Å². The third kappa shape index (κ3) is 7.12. The monoisotopic (exact) mass is 516 g/mol. The van der Waals surface area contributed by atoms with Crippen molar-refractivity contribution in [3.05, 3.63) is 58.6 Å². The van der Waals surface area contributed by atoms with E-state index in [2.05, 4.69) is 14.7 Å². The van der Waals surface area contributed by atoms with Crippen molar-refractivity contribution in [3.63, 3.8) is 0 Å². The summed E-state index contributed by atoms with van der Waals surface area (Å²) in [6.07, 6.45) is 1.44. The molecule has 176 valence electrons. The van der Waals surface area contributed by atoms with Crippen molar-refractivity contribution in [1.82, 2.24) is 9.36 Å². The summed E-state index contributed by atoms with van der Waals surface area (Å²) in [7, 11) is 1.58. The Balaban J connectivity index is 1.57. The second kappa shape index (κ2) is 12.8. The first-order valence-electron chi connectivity index (χ1n) is 10.1. The van der Waals surface area contributed by atoms with Crippen LogP contribution in [-0.2, 0) is 4.79 Å². The first kappa shape index (κ1) is 25.4. The van der Waals surface area contributed by atoms with Gasteiger partial charge in [-0.2, -0.15) is 14.6 Å². The number of aromatic nitrogens is 2. The lowest BCUT2D eigenvalue weighted by molar-refractivity contribution is -0.112. The van der Waals surface area contributed by atoms with Gasteiger partial charge in [0.1, 0.15) is 30.6 Å². The first-order chi connectivity index (χ1) is 16.5. The minimum absolute atomic E-state index is 0.0881. The van der Waals surface area contributed by atoms with Gasteiger partial charge in [-0.25, -0.2) is 0 Å². The zero-order chi connectivity index (χ0) is 24.3. The Morgan fingerprint density at radius 1 is 1.21 bits per heavy atom. The molecule has 1 aromatic heterocycles. The highest BCUT2D eigenvalue weighted by Gasteiger charge is 2.13. The van der Waals surface area contributed by atoms with Crippen LogP contribution in [0.3, 0.4) is 0 Å². The molecule has 0 radical (unpaired) electrons. The number of hydrogen-bond acceptors (Lipinski definition) is 9. The number of hydrogen-bond donors (Lipinski definition) is 1. The zero-order valence-corrected chi connectivity index (χ0v) is 20.8. The fraction of sp³-hybridized carbons (Fsp3) is 0.217. The van der Waals surface area contributed by atoms with E-state index in [9.17, 15) is 10.1 Å². The van der Waals surface area contributed by atoms with Gasteiger partial charge in [0, 0.05) is 11.5 Å². The Hall–Kier alpha value is -3.26. The summed E-state index contributed by atoms with van der Waals surface area (Å²) < 4.78 is 20.7. The average molecular weight is 517 g/mol. The Morgan fingerprint density at radius 3 is 2.62 bits per heavy atom. The number of benzene rings is 2. The lowest BCUT2D eigenvalue weighted by Crippen LogP contribution is -2.13. The molecule has 1 amide bonds. The number of ether oxygens (including phenoxy) is 3. The molecule has 0 aliphatic carbocycles. The Labute approximate surface area is 210 Å². The number of nitrogens with one attached hydrogen (secondary N) is 1. The molecule has 0 unspecified atom stereocenters. The normalized spacial score (nSPS) is 10.9. The number of para-hydroxylation sites is 2. The smallest absolute Gasteiger partial charge is 0.268 e. The van der Waals surface area contributed by atoms with Crippen molar-refractivity contribution >= 4 is 52.0 Å². The molecule has 0 saturated heterocycles. The highest BCUT2D eigenvalue weighted by Crippen LogP contribution is 2.28. The van der Waals surface area contributed by atoms with E-state index in [-0.39, 0.29) is 12.2 Å². The number of nitriles is 1. The van der Waals surface area contributed by atoms with Crippen LogP contribution >= 0.6 is 34.9 Å². The fourth-order valence-electron chi connectivity index (χ4n) is 2.69. The summed E-state index contributed by atoms with van der Waals surface area (Å²) in [4.78, 5) is 16.7. The minimum atomic E-state index is -0.573. The van der Waals surface area contributed by atoms with Crippen LogP contribution in [0, 0.1) is 11.3 Å². The van der Waals surface area contributed by atoms with Crippen molar-refractivity contribution in [1.29, 1.82) is 5.26 Å². The molecule has 8 nitrogen and oxygen atoms in total. The highest BCUT2D eigenvalue weighted by molar-refractivity contribution is 7.99. The van der Waals surface area contributed by atoms with Gasteiger partial charge >= 0.3 is 0 Å². The predicted molar refractivity (Wildman–Crippen MR) is 134 cm³/mol. The zero-order valence-electron chi connectivity index (χ0n) is 18.4. The molecule has 34 heavy (non-hydrogen) atoms. The molecule has 0 atom stereocenters. The van der Waals surface area contributed by atoms with E-state index in [0.29, 0.717) is 44.7 Å². The second-order valence-corrected chi connectivity index (χ2v) is 8.87. The van der Waals surface area contributed by atoms with E-state index in [1.807, 2.05) is 37.3 Å². The van der Waals surface area contributed by atoms with Crippen molar-refractivity contribution in [2.24, 2.45) is 0 Å². The van der Waals surface area contributed by atoms with Gasteiger partial charge < -0.3 is 14.2 Å². The molecule has 0 spiro atoms. The topological polar surface area (TPSA) is 106 Å². The number of anilines is 1. The van der Waals surface area contributed by atoms with Crippen LogP contribution < -0.4 is 19.5 Å². The predicted octanol–water partition coefficient (Wildman–Crippen LogP) is 5.32. The maximum Gasteiger partial charge on any atom is 0.268 e. The fourth-order valence-corrected chi connectivity index (χ4v) is 4.20. The van der Waals surface area contributed by atoms with Crippen molar-refractivity contribution in [2.45, 2.75) is 12.1 Å². The van der Waals surface area contributed by atoms with E-state index in [0.717, 1.165) is 17.3 Å². The van der Waals surface area contributed by atoms with Gasteiger partial charge in [0.2, 0.25) is 10.3 Å². The van der Waals surface area contributed by atoms with E-state index >= 15 is 0 Å². The van der Waals surface area contributed by atoms with Crippen LogP contribution in [0.15, 0.2) is 53.2 Å². The number of nitrogens with zero attached hydrogens (tertiary/aromatic N) is 3. The summed E-state index contributed by atoms with van der Waals surface area (Å²) in [6.45, 7) is 2.54. The molecule has 0 fully saturated rings. The lowest BCUT2D eigenvalue weighted by atomic mass is 10.1. The molecule has 11 heteroatoms. The molecular formula is C23H21ClN4O4S2. The molecule has 0 saturated carbocycles. The average Bonchev–Trinajstić information content (AvgIpc) is 3.28. The number of halogens is 1. The maximum atomic E-state index is 12.5.